The van der Waals surface area contributed by atoms with Crippen LogP contribution in [0.2, 0.25) is 0 Å². The van der Waals surface area contributed by atoms with Gasteiger partial charge in [-0.25, -0.2) is 0 Å². The van der Waals surface area contributed by atoms with E-state index in [4.69, 9.17) is 0 Å². The summed E-state index contributed by atoms with van der Waals surface area (Å²) < 4.78 is 0. The largest absolute Gasteiger partial charge is 0.394 e. The van der Waals surface area contributed by atoms with Crippen molar-refractivity contribution in [2.45, 2.75) is 59.9 Å². The van der Waals surface area contributed by atoms with E-state index < -0.39 is 24.5 Å². The van der Waals surface area contributed by atoms with Gasteiger partial charge in [0.05, 0.1) is 12.3 Å². The zero-order valence-corrected chi connectivity index (χ0v) is 23.5. The summed E-state index contributed by atoms with van der Waals surface area (Å²) in [6.45, 7) is 10.1. The fourth-order valence-electron chi connectivity index (χ4n) is 4.66. The van der Waals surface area contributed by atoms with Crippen LogP contribution in [0.3, 0.4) is 0 Å². The molecule has 1 aromatic heterocycles. The van der Waals surface area contributed by atoms with E-state index in [1.54, 1.807) is 13.0 Å². The highest BCUT2D eigenvalue weighted by molar-refractivity contribution is 5.99. The highest BCUT2D eigenvalue weighted by Gasteiger charge is 2.26. The molecule has 0 radical (unpaired) electrons. The van der Waals surface area contributed by atoms with Crippen LogP contribution in [0.25, 0.3) is 11.3 Å². The maximum atomic E-state index is 12.6. The number of carbonyl (C=O) groups excluding carboxylic acids is 2. The first-order chi connectivity index (χ1) is 18.6. The second kappa shape index (κ2) is 13.7. The highest BCUT2D eigenvalue weighted by Crippen LogP contribution is 2.40. The van der Waals surface area contributed by atoms with Gasteiger partial charge in [-0.3, -0.25) is 14.7 Å². The van der Waals surface area contributed by atoms with E-state index in [2.05, 4.69) is 53.8 Å². The molecule has 2 aromatic rings. The molecule has 206 valence electrons. The van der Waals surface area contributed by atoms with E-state index in [9.17, 15) is 14.7 Å². The Morgan fingerprint density at radius 3 is 2.59 bits per heavy atom. The van der Waals surface area contributed by atoms with Gasteiger partial charge in [0.25, 0.3) is 5.91 Å². The minimum Gasteiger partial charge on any atom is -0.394 e. The molecule has 1 unspecified atom stereocenters. The molecule has 1 heterocycles. The van der Waals surface area contributed by atoms with Crippen LogP contribution in [0.5, 0.6) is 0 Å². The number of nitrogens with one attached hydrogen (secondary N) is 3. The predicted molar refractivity (Wildman–Crippen MR) is 158 cm³/mol. The normalized spacial score (nSPS) is 17.1. The fraction of sp³-hybridized carbons (Fsp3) is 0.344. The van der Waals surface area contributed by atoms with E-state index in [0.29, 0.717) is 11.4 Å². The molecule has 2 amide bonds. The topological polar surface area (TPSA) is 107 Å². The van der Waals surface area contributed by atoms with E-state index in [1.807, 2.05) is 55.5 Å². The molecule has 1 aliphatic carbocycles. The average molecular weight is 529 g/mol. The van der Waals surface area contributed by atoms with Crippen LogP contribution in [-0.4, -0.2) is 39.8 Å². The Hall–Kier alpha value is -3.97. The number of aromatic nitrogens is 2. The molecule has 1 aromatic carbocycles. The van der Waals surface area contributed by atoms with Gasteiger partial charge in [-0.15, -0.1) is 0 Å². The third-order valence-corrected chi connectivity index (χ3v) is 6.86. The van der Waals surface area contributed by atoms with Crippen molar-refractivity contribution in [2.75, 3.05) is 11.9 Å². The number of amides is 2. The third kappa shape index (κ3) is 8.79. The number of hydrogen-bond donors (Lipinski definition) is 4. The van der Waals surface area contributed by atoms with Crippen LogP contribution in [0, 0.1) is 5.41 Å². The minimum atomic E-state index is -1.11. The van der Waals surface area contributed by atoms with Crippen LogP contribution < -0.4 is 10.6 Å². The van der Waals surface area contributed by atoms with Crippen molar-refractivity contribution in [3.05, 3.63) is 95.1 Å². The lowest BCUT2D eigenvalue weighted by Gasteiger charge is -2.32. The van der Waals surface area contributed by atoms with Crippen LogP contribution >= 0.6 is 0 Å². The molecule has 0 saturated heterocycles. The second-order valence-electron chi connectivity index (χ2n) is 10.7. The first-order valence-corrected chi connectivity index (χ1v) is 13.3. The fourth-order valence-corrected chi connectivity index (χ4v) is 4.66. The van der Waals surface area contributed by atoms with Gasteiger partial charge in [0.1, 0.15) is 6.04 Å². The molecule has 3 rings (SSSR count). The van der Waals surface area contributed by atoms with Crippen LogP contribution in [0.4, 0.5) is 5.82 Å². The zero-order valence-electron chi connectivity index (χ0n) is 23.5. The summed E-state index contributed by atoms with van der Waals surface area (Å²) in [6, 6.07) is 10.1. The third-order valence-electron chi connectivity index (χ3n) is 6.86. The molecule has 0 saturated carbocycles. The van der Waals surface area contributed by atoms with Crippen molar-refractivity contribution in [1.29, 1.82) is 0 Å². The van der Waals surface area contributed by atoms with E-state index in [0.717, 1.165) is 23.3 Å². The summed E-state index contributed by atoms with van der Waals surface area (Å²) in [7, 11) is 0. The van der Waals surface area contributed by atoms with E-state index >= 15 is 0 Å². The molecule has 0 bridgehead atoms. The van der Waals surface area contributed by atoms with Gasteiger partial charge in [0.2, 0.25) is 5.91 Å². The predicted octanol–water partition coefficient (Wildman–Crippen LogP) is 6.02. The number of benzene rings is 1. The summed E-state index contributed by atoms with van der Waals surface area (Å²) in [4.78, 5) is 25.1. The number of aliphatic hydroxyl groups excluding tert-OH is 1. The maximum absolute atomic E-state index is 12.6. The lowest BCUT2D eigenvalue weighted by atomic mass is 9.72. The zero-order chi connectivity index (χ0) is 28.4. The Morgan fingerprint density at radius 2 is 1.90 bits per heavy atom. The first-order valence-electron chi connectivity index (χ1n) is 13.3. The lowest BCUT2D eigenvalue weighted by molar-refractivity contribution is -0.124. The number of carbonyl (C=O) groups is 2. The van der Waals surface area contributed by atoms with Crippen molar-refractivity contribution in [3.8, 4) is 11.3 Å². The number of aliphatic hydroxyl groups is 1. The Bertz CT molecular complexity index is 1310. The number of anilines is 1. The van der Waals surface area contributed by atoms with Gasteiger partial charge in [-0.1, -0.05) is 85.7 Å². The number of aromatic amines is 1. The summed E-state index contributed by atoms with van der Waals surface area (Å²) in [5.74, 6) is -0.729. The molecule has 0 aliphatic heterocycles. The number of allylic oxidation sites excluding steroid dienone is 9. The Kier molecular flexibility index (Phi) is 10.4. The van der Waals surface area contributed by atoms with Crippen molar-refractivity contribution in [1.82, 2.24) is 15.5 Å². The van der Waals surface area contributed by atoms with E-state index in [-0.39, 0.29) is 5.41 Å². The molecule has 1 aliphatic rings. The molecule has 7 heteroatoms. The summed E-state index contributed by atoms with van der Waals surface area (Å²) >= 11 is 0. The SMILES string of the molecule is CC(C=CC1=C(C)CCCC1(C)C)=CC=CC(C)=CC(=O)NC(CO)C(=O)Nc1cc(-c2ccccc2)[nH]n1. The molecular weight excluding hydrogens is 488 g/mol. The smallest absolute Gasteiger partial charge is 0.250 e. The Labute approximate surface area is 231 Å². The van der Waals surface area contributed by atoms with Gasteiger partial charge in [0, 0.05) is 12.1 Å². The molecule has 1 atom stereocenters. The second-order valence-corrected chi connectivity index (χ2v) is 10.7. The van der Waals surface area contributed by atoms with Crippen LogP contribution in [0.1, 0.15) is 53.9 Å². The van der Waals surface area contributed by atoms with Gasteiger partial charge >= 0.3 is 0 Å². The molecule has 39 heavy (non-hydrogen) atoms. The number of hydrogen-bond acceptors (Lipinski definition) is 4. The molecular formula is C32H40N4O3. The standard InChI is InChI=1S/C32H40N4O3/c1-22(16-17-26-24(3)13-10-18-32(26,4)5)11-9-12-23(2)19-30(38)33-28(21-37)31(39)34-29-20-27(35-36-29)25-14-7-6-8-15-25/h6-9,11-12,14-17,19-20,28,37H,10,13,18,21H2,1-5H3,(H,33,38)(H2,34,35,36,39). The van der Waals surface area contributed by atoms with Crippen molar-refractivity contribution < 1.29 is 14.7 Å². The molecule has 0 fully saturated rings. The molecule has 7 nitrogen and oxygen atoms in total. The maximum Gasteiger partial charge on any atom is 0.250 e. The number of rotatable bonds is 10. The number of H-pyrrole nitrogens is 1. The first kappa shape index (κ1) is 29.6. The van der Waals surface area contributed by atoms with Crippen molar-refractivity contribution >= 4 is 17.6 Å². The van der Waals surface area contributed by atoms with Gasteiger partial charge in [0.15, 0.2) is 5.82 Å². The van der Waals surface area contributed by atoms with Gasteiger partial charge in [-0.05, 0) is 62.2 Å². The monoisotopic (exact) mass is 528 g/mol. The highest BCUT2D eigenvalue weighted by atomic mass is 16.3. The van der Waals surface area contributed by atoms with Crippen molar-refractivity contribution in [3.63, 3.8) is 0 Å². The summed E-state index contributed by atoms with van der Waals surface area (Å²) in [5, 5.41) is 21.8. The van der Waals surface area contributed by atoms with Crippen LogP contribution in [-0.2, 0) is 9.59 Å². The quantitative estimate of drug-likeness (QED) is 0.223. The van der Waals surface area contributed by atoms with E-state index in [1.165, 1.54) is 30.1 Å². The molecule has 4 N–H and O–H groups in total. The summed E-state index contributed by atoms with van der Waals surface area (Å²) in [6.07, 6.45) is 15.1. The average Bonchev–Trinajstić information content (AvgIpc) is 3.35. The minimum absolute atomic E-state index is 0.203. The Balaban J connectivity index is 1.54. The lowest BCUT2D eigenvalue weighted by Crippen LogP contribution is -2.45. The number of nitrogens with zero attached hydrogens (tertiary/aromatic N) is 1. The molecule has 0 spiro atoms. The van der Waals surface area contributed by atoms with Gasteiger partial charge in [-0.2, -0.15) is 5.10 Å². The van der Waals surface area contributed by atoms with Crippen LogP contribution in [0.15, 0.2) is 95.1 Å². The summed E-state index contributed by atoms with van der Waals surface area (Å²) in [5.41, 5.74) is 6.57. The van der Waals surface area contributed by atoms with Crippen molar-refractivity contribution in [2.24, 2.45) is 5.41 Å². The van der Waals surface area contributed by atoms with Gasteiger partial charge < -0.3 is 15.7 Å². The Morgan fingerprint density at radius 1 is 1.15 bits per heavy atom.